The Morgan fingerprint density at radius 2 is 1.20 bits per heavy atom. The van der Waals surface area contributed by atoms with Gasteiger partial charge in [0.1, 0.15) is 6.04 Å². The van der Waals surface area contributed by atoms with E-state index in [1.807, 2.05) is 20.8 Å². The van der Waals surface area contributed by atoms with E-state index in [1.165, 1.54) is 0 Å². The number of thiocarbonyl (C=S) groups is 1. The van der Waals surface area contributed by atoms with Gasteiger partial charge in [-0.15, -0.1) is 0 Å². The Morgan fingerprint density at radius 1 is 0.773 bits per heavy atom. The maximum atomic E-state index is 13.4. The fourth-order valence-electron chi connectivity index (χ4n) is 4.47. The van der Waals surface area contributed by atoms with Gasteiger partial charge in [0.2, 0.25) is 5.91 Å². The number of rotatable bonds is 9. The van der Waals surface area contributed by atoms with E-state index in [4.69, 9.17) is 22.7 Å². The van der Waals surface area contributed by atoms with E-state index < -0.39 is 64.9 Å². The van der Waals surface area contributed by atoms with Crippen molar-refractivity contribution in [2.45, 2.75) is 69.9 Å². The number of carbonyl (C=O) groups excluding carboxylic acids is 1. The van der Waals surface area contributed by atoms with Crippen molar-refractivity contribution >= 4 is 28.9 Å². The number of benzene rings is 3. The van der Waals surface area contributed by atoms with E-state index in [9.17, 15) is 31.1 Å². The summed E-state index contributed by atoms with van der Waals surface area (Å²) in [7, 11) is 0. The van der Waals surface area contributed by atoms with Crippen LogP contribution in [0.1, 0.15) is 62.0 Å². The van der Waals surface area contributed by atoms with Crippen molar-refractivity contribution in [1.82, 2.24) is 10.6 Å². The maximum Gasteiger partial charge on any atom is 0.416 e. The Bertz CT molecular complexity index is 1380. The molecule has 0 aromatic heterocycles. The van der Waals surface area contributed by atoms with E-state index in [0.29, 0.717) is 23.3 Å². The van der Waals surface area contributed by atoms with Crippen LogP contribution in [0.3, 0.4) is 0 Å². The van der Waals surface area contributed by atoms with Crippen molar-refractivity contribution in [3.63, 3.8) is 0 Å². The average Bonchev–Trinajstić information content (AvgIpc) is 2.93. The smallest absolute Gasteiger partial charge is 0.371 e. The van der Waals surface area contributed by atoms with E-state index in [0.717, 1.165) is 0 Å². The number of carbonyl (C=O) groups is 1. The molecular weight excluding hydrogens is 606 g/mol. The average molecular weight is 641 g/mol. The molecule has 3 aromatic carbocycles. The molecule has 0 unspecified atom stereocenters. The molecule has 0 aliphatic rings. The third kappa shape index (κ3) is 9.93. The van der Waals surface area contributed by atoms with Crippen LogP contribution >= 0.6 is 12.2 Å². The van der Waals surface area contributed by atoms with Gasteiger partial charge in [-0.25, -0.2) is 0 Å². The predicted molar refractivity (Wildman–Crippen MR) is 161 cm³/mol. The van der Waals surface area contributed by atoms with E-state index >= 15 is 0 Å². The van der Waals surface area contributed by atoms with Gasteiger partial charge in [0.25, 0.3) is 0 Å². The highest BCUT2D eigenvalue weighted by molar-refractivity contribution is 7.80. The number of amides is 1. The van der Waals surface area contributed by atoms with Gasteiger partial charge < -0.3 is 26.4 Å². The zero-order valence-electron chi connectivity index (χ0n) is 24.4. The molecule has 0 heterocycles. The summed E-state index contributed by atoms with van der Waals surface area (Å²) >= 11 is 5.38. The Kier molecular flexibility index (Phi) is 11.0. The van der Waals surface area contributed by atoms with Crippen molar-refractivity contribution < 1.29 is 35.9 Å². The monoisotopic (exact) mass is 640 g/mol. The van der Waals surface area contributed by atoms with E-state index in [2.05, 4.69) is 16.0 Å². The van der Waals surface area contributed by atoms with Crippen molar-refractivity contribution in [3.05, 3.63) is 101 Å². The van der Waals surface area contributed by atoms with Crippen LogP contribution in [0.5, 0.6) is 0 Å². The van der Waals surface area contributed by atoms with E-state index in [-0.39, 0.29) is 11.2 Å². The predicted octanol–water partition coefficient (Wildman–Crippen LogP) is 7.14. The molecule has 0 radical (unpaired) electrons. The fourth-order valence-corrected chi connectivity index (χ4v) is 4.71. The Morgan fingerprint density at radius 3 is 1.61 bits per heavy atom. The molecule has 0 fully saturated rings. The van der Waals surface area contributed by atoms with Crippen LogP contribution in [0.4, 0.5) is 32.0 Å². The second kappa shape index (κ2) is 14.0. The van der Waals surface area contributed by atoms with Crippen LogP contribution in [0.15, 0.2) is 78.9 Å². The number of halogens is 6. The quantitative estimate of drug-likeness (QED) is 0.147. The molecule has 0 aliphatic carbocycles. The number of ether oxygens (including phenoxy) is 1. The molecule has 3 aromatic rings. The van der Waals surface area contributed by atoms with Crippen LogP contribution < -0.4 is 21.7 Å². The lowest BCUT2D eigenvalue weighted by molar-refractivity contribution is -0.143. The number of alkyl halides is 6. The third-order valence-corrected chi connectivity index (χ3v) is 6.65. The van der Waals surface area contributed by atoms with Gasteiger partial charge in [-0.1, -0.05) is 60.7 Å². The van der Waals surface area contributed by atoms with Gasteiger partial charge in [-0.05, 0) is 69.2 Å². The van der Waals surface area contributed by atoms with Gasteiger partial charge >= 0.3 is 12.4 Å². The van der Waals surface area contributed by atoms with Gasteiger partial charge in [-0.3, -0.25) is 4.79 Å². The molecule has 0 bridgehead atoms. The molecule has 0 saturated carbocycles. The largest absolute Gasteiger partial charge is 0.416 e. The fraction of sp³-hybridized carbons (Fsp3) is 0.355. The Labute approximate surface area is 257 Å². The molecule has 0 spiro atoms. The number of nitrogens with two attached hydrogens (primary N) is 1. The Hall–Kier alpha value is -3.68. The van der Waals surface area contributed by atoms with Crippen LogP contribution in [-0.2, 0) is 21.9 Å². The number of hydrogen-bond donors (Lipinski definition) is 4. The minimum absolute atomic E-state index is 0.0308. The first-order valence-electron chi connectivity index (χ1n) is 13.6. The van der Waals surface area contributed by atoms with Gasteiger partial charge in [-0.2, -0.15) is 26.3 Å². The van der Waals surface area contributed by atoms with Crippen LogP contribution in [0.25, 0.3) is 0 Å². The molecule has 0 saturated heterocycles. The molecule has 1 amide bonds. The highest BCUT2D eigenvalue weighted by Gasteiger charge is 2.37. The van der Waals surface area contributed by atoms with Gasteiger partial charge in [0.15, 0.2) is 5.11 Å². The molecule has 238 valence electrons. The highest BCUT2D eigenvalue weighted by atomic mass is 32.1. The molecule has 13 heteroatoms. The molecule has 6 nitrogen and oxygen atoms in total. The van der Waals surface area contributed by atoms with Crippen molar-refractivity contribution in [3.8, 4) is 0 Å². The van der Waals surface area contributed by atoms with Gasteiger partial charge in [0, 0.05) is 5.69 Å². The molecule has 4 atom stereocenters. The van der Waals surface area contributed by atoms with Crippen molar-refractivity contribution in [2.24, 2.45) is 5.73 Å². The number of anilines is 1. The summed E-state index contributed by atoms with van der Waals surface area (Å²) in [5.41, 5.74) is 3.41. The lowest BCUT2D eigenvalue weighted by Gasteiger charge is -2.33. The molecule has 44 heavy (non-hydrogen) atoms. The van der Waals surface area contributed by atoms with Crippen LogP contribution in [-0.4, -0.2) is 28.8 Å². The first-order valence-corrected chi connectivity index (χ1v) is 14.0. The first-order chi connectivity index (χ1) is 20.3. The zero-order valence-corrected chi connectivity index (χ0v) is 25.2. The lowest BCUT2D eigenvalue weighted by atomic mass is 9.92. The summed E-state index contributed by atoms with van der Waals surface area (Å²) in [4.78, 5) is 13.4. The summed E-state index contributed by atoms with van der Waals surface area (Å²) in [6, 6.07) is 15.8. The summed E-state index contributed by atoms with van der Waals surface area (Å²) in [6.07, 6.45) is -10.7. The molecule has 5 N–H and O–H groups in total. The lowest BCUT2D eigenvalue weighted by Crippen LogP contribution is -2.52. The second-order valence-corrected chi connectivity index (χ2v) is 11.5. The minimum Gasteiger partial charge on any atom is -0.371 e. The normalized spacial score (nSPS) is 15.1. The molecule has 3 rings (SSSR count). The molecule has 0 aliphatic heterocycles. The number of hydrogen-bond acceptors (Lipinski definition) is 4. The first kappa shape index (κ1) is 34.8. The Balaban J connectivity index is 1.99. The molecular formula is C31H34F6N4O2S. The zero-order chi connectivity index (χ0) is 32.9. The van der Waals surface area contributed by atoms with Gasteiger partial charge in [0.05, 0.1) is 34.9 Å². The summed E-state index contributed by atoms with van der Waals surface area (Å²) in [5, 5.41) is 8.09. The number of nitrogens with one attached hydrogen (secondary N) is 3. The highest BCUT2D eigenvalue weighted by Crippen LogP contribution is 2.38. The second-order valence-electron chi connectivity index (χ2n) is 11.1. The standard InChI is InChI=1S/C31H34F6N4O2S/c1-18(43-29(2,3)4)24(38)27(42)40-25(19-11-7-5-8-12-19)26(20-13-9-6-10-14-20)41-28(44)39-23-16-21(30(32,33)34)15-22(17-23)31(35,36)37/h5-18,24-26H,38H2,1-4H3,(H,40,42)(H2,39,41,44)/t18-,24+,25+,26+/m1/s1. The minimum atomic E-state index is -5.03. The SMILES string of the molecule is C[C@@H](OC(C)(C)C)[C@H](N)C(=O)N[C@@H](c1ccccc1)[C@@H](NC(=S)Nc1cc(C(F)(F)F)cc(C(F)(F)F)c1)c1ccccc1. The van der Waals surface area contributed by atoms with Crippen molar-refractivity contribution in [2.75, 3.05) is 5.32 Å². The third-order valence-electron chi connectivity index (χ3n) is 6.43. The topological polar surface area (TPSA) is 88.4 Å². The van der Waals surface area contributed by atoms with Crippen molar-refractivity contribution in [1.29, 1.82) is 0 Å². The summed E-state index contributed by atoms with van der Waals surface area (Å²) in [6.45, 7) is 7.15. The summed E-state index contributed by atoms with van der Waals surface area (Å²) in [5.74, 6) is -0.551. The van der Waals surface area contributed by atoms with E-state index in [1.54, 1.807) is 67.6 Å². The summed E-state index contributed by atoms with van der Waals surface area (Å²) < 4.78 is 86.4. The van der Waals surface area contributed by atoms with Crippen LogP contribution in [0, 0.1) is 0 Å². The van der Waals surface area contributed by atoms with Crippen LogP contribution in [0.2, 0.25) is 0 Å². The maximum absolute atomic E-state index is 13.4.